The van der Waals surface area contributed by atoms with E-state index in [0.717, 1.165) is 17.8 Å². The van der Waals surface area contributed by atoms with Crippen LogP contribution in [0.3, 0.4) is 0 Å². The van der Waals surface area contributed by atoms with Crippen LogP contribution in [0.4, 0.5) is 5.69 Å². The summed E-state index contributed by atoms with van der Waals surface area (Å²) in [7, 11) is 0. The first-order valence-electron chi connectivity index (χ1n) is 8.57. The maximum atomic E-state index is 3.84. The van der Waals surface area contributed by atoms with Gasteiger partial charge in [-0.25, -0.2) is 0 Å². The molecule has 0 aliphatic heterocycles. The summed E-state index contributed by atoms with van der Waals surface area (Å²) in [6, 6.07) is 7.28. The minimum atomic E-state index is 0.576. The Morgan fingerprint density at radius 3 is 2.19 bits per heavy atom. The van der Waals surface area contributed by atoms with Crippen LogP contribution in [0, 0.1) is 30.1 Å². The molecule has 1 nitrogen and oxygen atoms in total. The molecule has 0 saturated heterocycles. The molecule has 4 bridgehead atoms. The van der Waals surface area contributed by atoms with Crippen molar-refractivity contribution in [3.05, 3.63) is 28.2 Å². The van der Waals surface area contributed by atoms with E-state index in [-0.39, 0.29) is 0 Å². The molecular weight excluding hydrogens is 322 g/mol. The van der Waals surface area contributed by atoms with Crippen LogP contribution < -0.4 is 5.32 Å². The van der Waals surface area contributed by atoms with E-state index >= 15 is 0 Å². The van der Waals surface area contributed by atoms with Gasteiger partial charge in [-0.15, -0.1) is 0 Å². The van der Waals surface area contributed by atoms with E-state index in [4.69, 9.17) is 0 Å². The van der Waals surface area contributed by atoms with Gasteiger partial charge < -0.3 is 5.32 Å². The Morgan fingerprint density at radius 2 is 1.67 bits per heavy atom. The SMILES string of the molecule is Cc1ccc(NC(C)C23CC4CC(CC(C4)C2)C3)cc1Br. The van der Waals surface area contributed by atoms with Gasteiger partial charge in [0, 0.05) is 16.2 Å². The van der Waals surface area contributed by atoms with Crippen molar-refractivity contribution in [1.29, 1.82) is 0 Å². The lowest BCUT2D eigenvalue weighted by Gasteiger charge is -2.59. The largest absolute Gasteiger partial charge is 0.382 e. The van der Waals surface area contributed by atoms with Gasteiger partial charge in [0.1, 0.15) is 0 Å². The molecule has 4 fully saturated rings. The quantitative estimate of drug-likeness (QED) is 0.731. The first kappa shape index (κ1) is 14.1. The third-order valence-corrected chi connectivity index (χ3v) is 7.41. The molecule has 1 unspecified atom stereocenters. The van der Waals surface area contributed by atoms with E-state index in [1.54, 1.807) is 0 Å². The second-order valence-electron chi connectivity index (χ2n) is 8.11. The smallest absolute Gasteiger partial charge is 0.0353 e. The molecule has 4 aliphatic rings. The summed E-state index contributed by atoms with van der Waals surface area (Å²) >= 11 is 3.66. The molecule has 0 heterocycles. The third-order valence-electron chi connectivity index (χ3n) is 6.56. The average Bonchev–Trinajstić information content (AvgIpc) is 2.41. The van der Waals surface area contributed by atoms with Crippen molar-refractivity contribution < 1.29 is 0 Å². The van der Waals surface area contributed by atoms with Crippen molar-refractivity contribution in [3.63, 3.8) is 0 Å². The van der Waals surface area contributed by atoms with E-state index in [1.165, 1.54) is 54.2 Å². The van der Waals surface area contributed by atoms with Crippen LogP contribution in [0.2, 0.25) is 0 Å². The molecule has 0 amide bonds. The maximum absolute atomic E-state index is 3.84. The molecule has 4 saturated carbocycles. The van der Waals surface area contributed by atoms with Gasteiger partial charge in [0.25, 0.3) is 0 Å². The van der Waals surface area contributed by atoms with Crippen LogP contribution >= 0.6 is 15.9 Å². The Hall–Kier alpha value is -0.500. The number of aryl methyl sites for hydroxylation is 1. The first-order chi connectivity index (χ1) is 10.0. The predicted molar refractivity (Wildman–Crippen MR) is 92.6 cm³/mol. The lowest BCUT2D eigenvalue weighted by molar-refractivity contribution is -0.0602. The molecule has 0 radical (unpaired) electrons. The fraction of sp³-hybridized carbons (Fsp3) is 0.684. The third kappa shape index (κ3) is 2.44. The Bertz CT molecular complexity index is 515. The summed E-state index contributed by atoms with van der Waals surface area (Å²) < 4.78 is 1.21. The highest BCUT2D eigenvalue weighted by Crippen LogP contribution is 2.61. The fourth-order valence-corrected chi connectivity index (χ4v) is 6.17. The lowest BCUT2D eigenvalue weighted by Crippen LogP contribution is -2.52. The van der Waals surface area contributed by atoms with Crippen molar-refractivity contribution in [3.8, 4) is 0 Å². The van der Waals surface area contributed by atoms with Gasteiger partial charge in [-0.3, -0.25) is 0 Å². The van der Waals surface area contributed by atoms with Crippen molar-refractivity contribution in [2.24, 2.45) is 23.2 Å². The van der Waals surface area contributed by atoms with Gasteiger partial charge in [-0.1, -0.05) is 22.0 Å². The van der Waals surface area contributed by atoms with Crippen molar-refractivity contribution >= 4 is 21.6 Å². The molecule has 2 heteroatoms. The number of rotatable bonds is 3. The zero-order valence-electron chi connectivity index (χ0n) is 13.2. The number of nitrogens with one attached hydrogen (secondary N) is 1. The summed E-state index contributed by atoms with van der Waals surface area (Å²) in [5, 5.41) is 3.84. The highest BCUT2D eigenvalue weighted by Gasteiger charge is 2.53. The highest BCUT2D eigenvalue weighted by atomic mass is 79.9. The monoisotopic (exact) mass is 347 g/mol. The first-order valence-corrected chi connectivity index (χ1v) is 9.36. The van der Waals surface area contributed by atoms with E-state index in [1.807, 2.05) is 0 Å². The molecule has 0 aromatic heterocycles. The molecule has 1 atom stereocenters. The van der Waals surface area contributed by atoms with Crippen LogP contribution in [0.25, 0.3) is 0 Å². The number of hydrogen-bond donors (Lipinski definition) is 1. The normalized spacial score (nSPS) is 38.5. The van der Waals surface area contributed by atoms with E-state index in [9.17, 15) is 0 Å². The molecule has 0 spiro atoms. The van der Waals surface area contributed by atoms with Gasteiger partial charge in [-0.2, -0.15) is 0 Å². The molecule has 1 aromatic carbocycles. The molecule has 4 aliphatic carbocycles. The van der Waals surface area contributed by atoms with Crippen LogP contribution in [0.15, 0.2) is 22.7 Å². The van der Waals surface area contributed by atoms with Crippen molar-refractivity contribution in [2.45, 2.75) is 58.4 Å². The molecule has 114 valence electrons. The van der Waals surface area contributed by atoms with Crippen LogP contribution in [-0.4, -0.2) is 6.04 Å². The van der Waals surface area contributed by atoms with Gasteiger partial charge in [0.2, 0.25) is 0 Å². The average molecular weight is 348 g/mol. The minimum Gasteiger partial charge on any atom is -0.382 e. The lowest BCUT2D eigenvalue weighted by atomic mass is 9.48. The molecular formula is C19H26BrN. The number of hydrogen-bond acceptors (Lipinski definition) is 1. The molecule has 21 heavy (non-hydrogen) atoms. The highest BCUT2D eigenvalue weighted by molar-refractivity contribution is 9.10. The summed E-state index contributed by atoms with van der Waals surface area (Å²) in [6.07, 6.45) is 9.01. The number of anilines is 1. The van der Waals surface area contributed by atoms with Gasteiger partial charge in [-0.05, 0) is 93.2 Å². The predicted octanol–water partition coefficient (Wildman–Crippen LogP) is 5.77. The zero-order valence-corrected chi connectivity index (χ0v) is 14.7. The Labute approximate surface area is 137 Å². The van der Waals surface area contributed by atoms with Gasteiger partial charge in [0.15, 0.2) is 0 Å². The second-order valence-corrected chi connectivity index (χ2v) is 8.96. The summed E-state index contributed by atoms with van der Waals surface area (Å²) in [5.41, 5.74) is 3.16. The van der Waals surface area contributed by atoms with E-state index < -0.39 is 0 Å². The maximum Gasteiger partial charge on any atom is 0.0353 e. The zero-order chi connectivity index (χ0) is 14.6. The van der Waals surface area contributed by atoms with Gasteiger partial charge in [0.05, 0.1) is 0 Å². The van der Waals surface area contributed by atoms with Crippen molar-refractivity contribution in [1.82, 2.24) is 0 Å². The number of benzene rings is 1. The summed E-state index contributed by atoms with van der Waals surface area (Å²) in [4.78, 5) is 0. The van der Waals surface area contributed by atoms with Crippen LogP contribution in [0.1, 0.15) is 51.0 Å². The molecule has 1 N–H and O–H groups in total. The minimum absolute atomic E-state index is 0.576. The van der Waals surface area contributed by atoms with Crippen LogP contribution in [-0.2, 0) is 0 Å². The summed E-state index contributed by atoms with van der Waals surface area (Å²) in [6.45, 7) is 4.58. The second kappa shape index (κ2) is 5.01. The standard InChI is InChI=1S/C19H26BrN/c1-12-3-4-17(8-18(12)20)21-13(2)19-9-14-5-15(10-19)7-16(6-14)11-19/h3-4,8,13-16,21H,5-7,9-11H2,1-2H3. The molecule has 5 rings (SSSR count). The Kier molecular flexibility index (Phi) is 3.37. The Balaban J connectivity index is 1.54. The Morgan fingerprint density at radius 1 is 1.10 bits per heavy atom. The summed E-state index contributed by atoms with van der Waals surface area (Å²) in [5.74, 6) is 3.10. The molecule has 1 aromatic rings. The number of halogens is 1. The fourth-order valence-electron chi connectivity index (χ4n) is 5.79. The van der Waals surface area contributed by atoms with Crippen LogP contribution in [0.5, 0.6) is 0 Å². The van der Waals surface area contributed by atoms with E-state index in [2.05, 4.69) is 53.3 Å². The van der Waals surface area contributed by atoms with Gasteiger partial charge >= 0.3 is 0 Å². The van der Waals surface area contributed by atoms with Crippen molar-refractivity contribution in [2.75, 3.05) is 5.32 Å². The van der Waals surface area contributed by atoms with E-state index in [0.29, 0.717) is 11.5 Å². The topological polar surface area (TPSA) is 12.0 Å².